The summed E-state index contributed by atoms with van der Waals surface area (Å²) in [6, 6.07) is 5.21. The maximum atomic E-state index is 11.9. The molecule has 1 aromatic rings. The van der Waals surface area contributed by atoms with E-state index in [0.717, 1.165) is 0 Å². The Kier molecular flexibility index (Phi) is 5.80. The Bertz CT molecular complexity index is 383. The van der Waals surface area contributed by atoms with Gasteiger partial charge in [-0.2, -0.15) is 8.78 Å². The molecule has 1 rings (SSSR count). The van der Waals surface area contributed by atoms with E-state index in [9.17, 15) is 13.6 Å². The van der Waals surface area contributed by atoms with Crippen molar-refractivity contribution in [1.29, 1.82) is 0 Å². The minimum atomic E-state index is -2.92. The molecule has 0 amide bonds. The summed E-state index contributed by atoms with van der Waals surface area (Å²) in [5.74, 6) is -1.06. The Labute approximate surface area is 107 Å². The van der Waals surface area contributed by atoms with Crippen LogP contribution in [0.25, 0.3) is 0 Å². The van der Waals surface area contributed by atoms with Crippen LogP contribution in [0.2, 0.25) is 0 Å². The van der Waals surface area contributed by atoms with E-state index in [0.29, 0.717) is 5.56 Å². The summed E-state index contributed by atoms with van der Waals surface area (Å²) >= 11 is 5.40. The van der Waals surface area contributed by atoms with E-state index in [1.165, 1.54) is 24.3 Å². The highest BCUT2D eigenvalue weighted by Crippen LogP contribution is 2.22. The van der Waals surface area contributed by atoms with E-state index < -0.39 is 18.7 Å². The Morgan fingerprint density at radius 3 is 2.39 bits per heavy atom. The van der Waals surface area contributed by atoms with Gasteiger partial charge in [0.05, 0.1) is 6.61 Å². The summed E-state index contributed by atoms with van der Waals surface area (Å²) in [6.45, 7) is -2.84. The lowest BCUT2D eigenvalue weighted by molar-refractivity contribution is -0.150. The van der Waals surface area contributed by atoms with Gasteiger partial charge in [-0.3, -0.25) is 0 Å². The second-order valence-corrected chi connectivity index (χ2v) is 3.60. The van der Waals surface area contributed by atoms with Crippen LogP contribution in [0.15, 0.2) is 24.3 Å². The maximum absolute atomic E-state index is 11.9. The van der Waals surface area contributed by atoms with Crippen molar-refractivity contribution in [3.8, 4) is 5.75 Å². The average molecular weight is 281 g/mol. The molecule has 18 heavy (non-hydrogen) atoms. The minimum absolute atomic E-state index is 0.0461. The smallest absolute Gasteiger partial charge is 0.387 e. The van der Waals surface area contributed by atoms with Crippen molar-refractivity contribution in [1.82, 2.24) is 0 Å². The van der Waals surface area contributed by atoms with Gasteiger partial charge in [0, 0.05) is 5.88 Å². The molecule has 100 valence electrons. The van der Waals surface area contributed by atoms with Gasteiger partial charge in [0.1, 0.15) is 5.75 Å². The lowest BCUT2D eigenvalue weighted by Gasteiger charge is -2.13. The van der Waals surface area contributed by atoms with Crippen LogP contribution in [0, 0.1) is 0 Å². The minimum Gasteiger partial charge on any atom is -0.479 e. The van der Waals surface area contributed by atoms with E-state index in [4.69, 9.17) is 21.4 Å². The first-order chi connectivity index (χ1) is 8.54. The summed E-state index contributed by atoms with van der Waals surface area (Å²) in [5.41, 5.74) is 0.328. The topological polar surface area (TPSA) is 55.8 Å². The zero-order valence-electron chi connectivity index (χ0n) is 9.18. The maximum Gasteiger partial charge on any atom is 0.387 e. The van der Waals surface area contributed by atoms with Crippen molar-refractivity contribution in [2.24, 2.45) is 0 Å². The number of halogens is 3. The van der Waals surface area contributed by atoms with Crippen LogP contribution in [0.1, 0.15) is 11.7 Å². The van der Waals surface area contributed by atoms with Gasteiger partial charge in [0.2, 0.25) is 0 Å². The average Bonchev–Trinajstić information content (AvgIpc) is 2.30. The van der Waals surface area contributed by atoms with E-state index in [2.05, 4.69) is 4.74 Å². The monoisotopic (exact) mass is 280 g/mol. The summed E-state index contributed by atoms with van der Waals surface area (Å²) in [4.78, 5) is 10.9. The summed E-state index contributed by atoms with van der Waals surface area (Å²) in [7, 11) is 0. The molecule has 0 fully saturated rings. The molecule has 0 aliphatic carbocycles. The van der Waals surface area contributed by atoms with Crippen LogP contribution in [-0.2, 0) is 9.53 Å². The third kappa shape index (κ3) is 4.46. The van der Waals surface area contributed by atoms with Crippen molar-refractivity contribution in [3.05, 3.63) is 29.8 Å². The molecule has 0 aliphatic heterocycles. The van der Waals surface area contributed by atoms with Gasteiger partial charge in [-0.1, -0.05) is 12.1 Å². The van der Waals surface area contributed by atoms with Crippen LogP contribution in [0.3, 0.4) is 0 Å². The van der Waals surface area contributed by atoms with Crippen molar-refractivity contribution in [2.45, 2.75) is 12.7 Å². The summed E-state index contributed by atoms with van der Waals surface area (Å²) in [5, 5.41) is 8.95. The number of carbonyl (C=O) groups is 1. The van der Waals surface area contributed by atoms with Crippen LogP contribution in [0.5, 0.6) is 5.75 Å². The number of carboxylic acid groups (broad SMARTS) is 1. The predicted octanol–water partition coefficient (Wildman–Crippen LogP) is 2.67. The lowest BCUT2D eigenvalue weighted by atomic mass is 10.1. The van der Waals surface area contributed by atoms with Gasteiger partial charge in [-0.25, -0.2) is 4.79 Å². The molecule has 7 heteroatoms. The standard InChI is InChI=1S/C11H11ClF2O4/c12-5-6-17-9(10(15)16)7-1-3-8(4-2-7)18-11(13)14/h1-4,9,11H,5-6H2,(H,15,16). The number of carboxylic acids is 1. The van der Waals surface area contributed by atoms with Crippen molar-refractivity contribution in [2.75, 3.05) is 12.5 Å². The number of benzene rings is 1. The van der Waals surface area contributed by atoms with Crippen molar-refractivity contribution < 1.29 is 28.2 Å². The number of hydrogen-bond donors (Lipinski definition) is 1. The zero-order chi connectivity index (χ0) is 13.5. The Morgan fingerprint density at radius 2 is 1.94 bits per heavy atom. The largest absolute Gasteiger partial charge is 0.479 e. The number of alkyl halides is 3. The van der Waals surface area contributed by atoms with Gasteiger partial charge in [-0.15, -0.1) is 11.6 Å². The summed E-state index contributed by atoms with van der Waals surface area (Å²) in [6.07, 6.45) is -1.18. The molecule has 0 spiro atoms. The number of rotatable bonds is 7. The van der Waals surface area contributed by atoms with Crippen LogP contribution < -0.4 is 4.74 Å². The molecular formula is C11H11ClF2O4. The van der Waals surface area contributed by atoms with Gasteiger partial charge >= 0.3 is 12.6 Å². The third-order valence-electron chi connectivity index (χ3n) is 1.99. The second kappa shape index (κ2) is 7.13. The molecule has 0 aromatic heterocycles. The number of ether oxygens (including phenoxy) is 2. The first-order valence-electron chi connectivity index (χ1n) is 4.99. The second-order valence-electron chi connectivity index (χ2n) is 3.23. The van der Waals surface area contributed by atoms with Crippen molar-refractivity contribution in [3.63, 3.8) is 0 Å². The zero-order valence-corrected chi connectivity index (χ0v) is 9.94. The van der Waals surface area contributed by atoms with Crippen molar-refractivity contribution >= 4 is 17.6 Å². The molecule has 0 bridgehead atoms. The number of aliphatic carboxylic acids is 1. The Morgan fingerprint density at radius 1 is 1.33 bits per heavy atom. The van der Waals surface area contributed by atoms with E-state index in [1.807, 2.05) is 0 Å². The van der Waals surface area contributed by atoms with Gasteiger partial charge < -0.3 is 14.6 Å². The van der Waals surface area contributed by atoms with E-state index in [1.54, 1.807) is 0 Å². The lowest BCUT2D eigenvalue weighted by Crippen LogP contribution is -2.16. The first-order valence-corrected chi connectivity index (χ1v) is 5.53. The van der Waals surface area contributed by atoms with Gasteiger partial charge in [0.15, 0.2) is 6.10 Å². The van der Waals surface area contributed by atoms with Gasteiger partial charge in [0.25, 0.3) is 0 Å². The molecular weight excluding hydrogens is 270 g/mol. The van der Waals surface area contributed by atoms with E-state index >= 15 is 0 Å². The molecule has 1 N–H and O–H groups in total. The van der Waals surface area contributed by atoms with Gasteiger partial charge in [-0.05, 0) is 17.7 Å². The number of hydrogen-bond acceptors (Lipinski definition) is 3. The highest BCUT2D eigenvalue weighted by molar-refractivity contribution is 6.17. The van der Waals surface area contributed by atoms with Crippen LogP contribution in [0.4, 0.5) is 8.78 Å². The fourth-order valence-electron chi connectivity index (χ4n) is 1.30. The molecule has 0 saturated carbocycles. The predicted molar refractivity (Wildman–Crippen MR) is 60.1 cm³/mol. The van der Waals surface area contributed by atoms with Crippen LogP contribution in [-0.4, -0.2) is 30.2 Å². The summed E-state index contributed by atoms with van der Waals surface area (Å²) < 4.78 is 33.0. The normalized spacial score (nSPS) is 12.4. The molecule has 0 heterocycles. The third-order valence-corrected chi connectivity index (χ3v) is 2.15. The molecule has 1 atom stereocenters. The molecule has 0 saturated heterocycles. The molecule has 0 aliphatic rings. The molecule has 0 radical (unpaired) electrons. The highest BCUT2D eigenvalue weighted by Gasteiger charge is 2.20. The van der Waals surface area contributed by atoms with E-state index in [-0.39, 0.29) is 18.2 Å². The Hall–Kier alpha value is -1.40. The fraction of sp³-hybridized carbons (Fsp3) is 0.364. The molecule has 1 unspecified atom stereocenters. The highest BCUT2D eigenvalue weighted by atomic mass is 35.5. The Balaban J connectivity index is 2.77. The SMILES string of the molecule is O=C(O)C(OCCCl)c1ccc(OC(F)F)cc1. The first kappa shape index (κ1) is 14.7. The molecule has 1 aromatic carbocycles. The van der Waals surface area contributed by atoms with Crippen LogP contribution >= 0.6 is 11.6 Å². The molecule has 4 nitrogen and oxygen atoms in total. The fourth-order valence-corrected chi connectivity index (χ4v) is 1.39. The quantitative estimate of drug-likeness (QED) is 0.780.